The van der Waals surface area contributed by atoms with Crippen molar-refractivity contribution in [3.05, 3.63) is 53.4 Å². The van der Waals surface area contributed by atoms with Crippen molar-refractivity contribution >= 4 is 27.1 Å². The average Bonchev–Trinajstić information content (AvgIpc) is 3.17. The molecular formula is C19H22O4S2. The van der Waals surface area contributed by atoms with Crippen LogP contribution in [0.15, 0.2) is 52.1 Å². The first-order valence-electron chi connectivity index (χ1n) is 8.59. The van der Waals surface area contributed by atoms with Crippen molar-refractivity contribution in [3.63, 3.8) is 0 Å². The normalized spacial score (nSPS) is 17.1. The molecule has 3 rings (SSSR count). The van der Waals surface area contributed by atoms with E-state index in [1.54, 1.807) is 41.8 Å². The van der Waals surface area contributed by atoms with Crippen LogP contribution >= 0.6 is 11.3 Å². The molecule has 1 aromatic carbocycles. The van der Waals surface area contributed by atoms with Gasteiger partial charge < -0.3 is 4.74 Å². The topological polar surface area (TPSA) is 60.4 Å². The van der Waals surface area contributed by atoms with Gasteiger partial charge in [0.1, 0.15) is 15.6 Å². The van der Waals surface area contributed by atoms with E-state index < -0.39 is 21.1 Å². The second-order valence-corrected chi connectivity index (χ2v) is 9.64. The minimum atomic E-state index is -3.63. The highest BCUT2D eigenvalue weighted by atomic mass is 32.2. The van der Waals surface area contributed by atoms with Crippen molar-refractivity contribution < 1.29 is 17.9 Å². The maximum absolute atomic E-state index is 13.0. The molecule has 1 aromatic heterocycles. The van der Waals surface area contributed by atoms with Crippen LogP contribution in [0.4, 0.5) is 0 Å². The maximum atomic E-state index is 13.0. The summed E-state index contributed by atoms with van der Waals surface area (Å²) in [6.07, 6.45) is 4.83. The first-order chi connectivity index (χ1) is 12.1. The maximum Gasteiger partial charge on any atom is 0.307 e. The molecule has 6 heteroatoms. The third-order valence-electron chi connectivity index (χ3n) is 4.52. The lowest BCUT2D eigenvalue weighted by molar-refractivity contribution is -0.150. The summed E-state index contributed by atoms with van der Waals surface area (Å²) in [6.45, 7) is 0. The summed E-state index contributed by atoms with van der Waals surface area (Å²) in [5, 5.41) is 0.818. The summed E-state index contributed by atoms with van der Waals surface area (Å²) >= 11 is 1.18. The molecule has 1 saturated carbocycles. The number of sulfone groups is 1. The van der Waals surface area contributed by atoms with Crippen molar-refractivity contribution in [2.24, 2.45) is 0 Å². The van der Waals surface area contributed by atoms with Crippen molar-refractivity contribution in [1.29, 1.82) is 0 Å². The number of rotatable bonds is 6. The quantitative estimate of drug-likeness (QED) is 0.693. The number of ether oxygens (including phenoxy) is 1. The van der Waals surface area contributed by atoms with Crippen LogP contribution in [-0.4, -0.2) is 20.5 Å². The van der Waals surface area contributed by atoms with Crippen LogP contribution in [0, 0.1) is 0 Å². The number of thiophene rings is 1. The molecule has 134 valence electrons. The van der Waals surface area contributed by atoms with Crippen LogP contribution in [0.1, 0.15) is 49.3 Å². The van der Waals surface area contributed by atoms with E-state index in [1.807, 2.05) is 6.07 Å². The lowest BCUT2D eigenvalue weighted by atomic mass is 9.98. The zero-order valence-electron chi connectivity index (χ0n) is 14.0. The SMILES string of the molecule is O=C(CC(c1ccccc1)S(=O)(=O)c1cccs1)OC1CCCCC1. The van der Waals surface area contributed by atoms with Crippen molar-refractivity contribution in [3.8, 4) is 0 Å². The first kappa shape index (κ1) is 18.1. The molecule has 0 amide bonds. The highest BCUT2D eigenvalue weighted by Gasteiger charge is 2.33. The Bertz CT molecular complexity index is 776. The smallest absolute Gasteiger partial charge is 0.307 e. The Balaban J connectivity index is 1.81. The molecule has 2 aromatic rings. The molecule has 0 bridgehead atoms. The van der Waals surface area contributed by atoms with Gasteiger partial charge in [0.15, 0.2) is 9.84 Å². The Hall–Kier alpha value is -1.66. The average molecular weight is 379 g/mol. The molecular weight excluding hydrogens is 356 g/mol. The van der Waals surface area contributed by atoms with E-state index >= 15 is 0 Å². The van der Waals surface area contributed by atoms with E-state index in [9.17, 15) is 13.2 Å². The van der Waals surface area contributed by atoms with E-state index in [1.165, 1.54) is 17.8 Å². The number of benzene rings is 1. The number of hydrogen-bond donors (Lipinski definition) is 0. The van der Waals surface area contributed by atoms with E-state index in [-0.39, 0.29) is 16.7 Å². The monoisotopic (exact) mass is 378 g/mol. The minimum absolute atomic E-state index is 0.0675. The Kier molecular flexibility index (Phi) is 5.91. The Morgan fingerprint density at radius 2 is 1.80 bits per heavy atom. The van der Waals surface area contributed by atoms with Gasteiger partial charge in [0, 0.05) is 0 Å². The summed E-state index contributed by atoms with van der Waals surface area (Å²) in [6, 6.07) is 12.2. The molecule has 1 unspecified atom stereocenters. The third kappa shape index (κ3) is 4.50. The number of carbonyl (C=O) groups excluding carboxylic acids is 1. The lowest BCUT2D eigenvalue weighted by Gasteiger charge is -2.23. The van der Waals surface area contributed by atoms with E-state index in [0.717, 1.165) is 25.7 Å². The number of hydrogen-bond acceptors (Lipinski definition) is 5. The van der Waals surface area contributed by atoms with E-state index in [0.29, 0.717) is 5.56 Å². The minimum Gasteiger partial charge on any atom is -0.462 e. The second kappa shape index (κ2) is 8.15. The van der Waals surface area contributed by atoms with Gasteiger partial charge in [-0.15, -0.1) is 11.3 Å². The van der Waals surface area contributed by atoms with Crippen LogP contribution in [0.2, 0.25) is 0 Å². The van der Waals surface area contributed by atoms with Gasteiger partial charge in [-0.25, -0.2) is 8.42 Å². The van der Waals surface area contributed by atoms with E-state index in [4.69, 9.17) is 4.74 Å². The zero-order valence-corrected chi connectivity index (χ0v) is 15.6. The second-order valence-electron chi connectivity index (χ2n) is 6.33. The van der Waals surface area contributed by atoms with Gasteiger partial charge in [0.25, 0.3) is 0 Å². The van der Waals surface area contributed by atoms with Gasteiger partial charge in [0.2, 0.25) is 0 Å². The lowest BCUT2D eigenvalue weighted by Crippen LogP contribution is -2.24. The summed E-state index contributed by atoms with van der Waals surface area (Å²) in [5.41, 5.74) is 0.622. The van der Waals surface area contributed by atoms with Gasteiger partial charge in [0.05, 0.1) is 6.42 Å². The highest BCUT2D eigenvalue weighted by molar-refractivity contribution is 7.93. The van der Waals surface area contributed by atoms with Crippen molar-refractivity contribution in [2.45, 2.75) is 54.1 Å². The summed E-state index contributed by atoms with van der Waals surface area (Å²) in [5.74, 6) is -0.430. The standard InChI is InChI=1S/C19H22O4S2/c20-18(23-16-10-5-2-6-11-16)14-17(15-8-3-1-4-9-15)25(21,22)19-12-7-13-24-19/h1,3-4,7-9,12-13,16-17H,2,5-6,10-11,14H2. The third-order valence-corrected chi connectivity index (χ3v) is 8.06. The molecule has 0 spiro atoms. The molecule has 1 aliphatic rings. The van der Waals surface area contributed by atoms with Gasteiger partial charge in [-0.1, -0.05) is 42.8 Å². The van der Waals surface area contributed by atoms with Crippen LogP contribution in [0.3, 0.4) is 0 Å². The first-order valence-corrected chi connectivity index (χ1v) is 11.0. The van der Waals surface area contributed by atoms with Crippen LogP contribution in [0.5, 0.6) is 0 Å². The molecule has 0 saturated heterocycles. The van der Waals surface area contributed by atoms with Gasteiger partial charge in [-0.05, 0) is 42.7 Å². The molecule has 4 nitrogen and oxygen atoms in total. The number of esters is 1. The van der Waals surface area contributed by atoms with Crippen molar-refractivity contribution in [2.75, 3.05) is 0 Å². The molecule has 1 aliphatic carbocycles. The van der Waals surface area contributed by atoms with Gasteiger partial charge in [-0.3, -0.25) is 4.79 Å². The fourth-order valence-electron chi connectivity index (χ4n) is 3.21. The van der Waals surface area contributed by atoms with Gasteiger partial charge in [-0.2, -0.15) is 0 Å². The van der Waals surface area contributed by atoms with Crippen LogP contribution < -0.4 is 0 Å². The van der Waals surface area contributed by atoms with Crippen LogP contribution in [0.25, 0.3) is 0 Å². The summed E-state index contributed by atoms with van der Waals surface area (Å²) in [7, 11) is -3.63. The Labute approximate surface area is 152 Å². The molecule has 1 fully saturated rings. The summed E-state index contributed by atoms with van der Waals surface area (Å²) in [4.78, 5) is 12.4. The number of carbonyl (C=O) groups is 1. The van der Waals surface area contributed by atoms with E-state index in [2.05, 4.69) is 0 Å². The Morgan fingerprint density at radius 3 is 2.44 bits per heavy atom. The molecule has 0 aliphatic heterocycles. The fourth-order valence-corrected chi connectivity index (χ4v) is 6.13. The summed E-state index contributed by atoms with van der Waals surface area (Å²) < 4.78 is 31.9. The fraction of sp³-hybridized carbons (Fsp3) is 0.421. The Morgan fingerprint density at radius 1 is 1.08 bits per heavy atom. The molecule has 0 N–H and O–H groups in total. The van der Waals surface area contributed by atoms with Crippen molar-refractivity contribution in [1.82, 2.24) is 0 Å². The van der Waals surface area contributed by atoms with Crippen LogP contribution in [-0.2, 0) is 19.4 Å². The molecule has 0 radical (unpaired) electrons. The molecule has 1 heterocycles. The predicted octanol–water partition coefficient (Wildman–Crippen LogP) is 4.53. The predicted molar refractivity (Wildman–Crippen MR) is 98.3 cm³/mol. The highest BCUT2D eigenvalue weighted by Crippen LogP contribution is 2.34. The largest absolute Gasteiger partial charge is 0.462 e. The molecule has 25 heavy (non-hydrogen) atoms. The van der Waals surface area contributed by atoms with Gasteiger partial charge >= 0.3 is 5.97 Å². The molecule has 1 atom stereocenters. The zero-order chi connectivity index (χ0) is 17.7.